The largest absolute Gasteiger partial charge is 0.338 e. The molecule has 0 bridgehead atoms. The number of carbonyl (C=O) groups excluding carboxylic acids is 1. The molecule has 1 atom stereocenters. The normalized spacial score (nSPS) is 16.3. The number of rotatable bonds is 8. The predicted octanol–water partition coefficient (Wildman–Crippen LogP) is 3.23. The number of carbonyl (C=O) groups is 1. The Morgan fingerprint density at radius 3 is 2.25 bits per heavy atom. The summed E-state index contributed by atoms with van der Waals surface area (Å²) in [4.78, 5) is 17.3. The van der Waals surface area contributed by atoms with Gasteiger partial charge >= 0.3 is 0 Å². The lowest BCUT2D eigenvalue weighted by Gasteiger charge is -2.38. The van der Waals surface area contributed by atoms with Crippen LogP contribution in [0.2, 0.25) is 0 Å². The van der Waals surface area contributed by atoms with Crippen molar-refractivity contribution < 1.29 is 17.6 Å². The first-order valence-corrected chi connectivity index (χ1v) is 12.6. The molecule has 2 aromatic rings. The molecule has 0 saturated carbocycles. The van der Waals surface area contributed by atoms with Crippen LogP contribution in [-0.4, -0.2) is 69.1 Å². The number of hydrogen-bond acceptors (Lipinski definition) is 4. The van der Waals surface area contributed by atoms with Crippen molar-refractivity contribution in [2.24, 2.45) is 0 Å². The number of benzene rings is 2. The molecule has 8 heteroatoms. The standard InChI is InChI=1S/C24H30FN3O3S/c1-3-23(28(32(2,30)31)22-13-11-21(25)12-14-22)24(29)27-18-16-26(17-19-27)15-7-10-20-8-5-4-6-9-20/h4-14,23H,3,15-19H2,1-2H3/b10-7+/t23-/m1/s1. The van der Waals surface area contributed by atoms with Crippen LogP contribution in [0.1, 0.15) is 18.9 Å². The molecule has 1 fully saturated rings. The maximum Gasteiger partial charge on any atom is 0.246 e. The number of hydrogen-bond donors (Lipinski definition) is 0. The van der Waals surface area contributed by atoms with Crippen molar-refractivity contribution in [3.63, 3.8) is 0 Å². The van der Waals surface area contributed by atoms with Crippen molar-refractivity contribution in [1.29, 1.82) is 0 Å². The Bertz CT molecular complexity index is 1020. The smallest absolute Gasteiger partial charge is 0.246 e. The molecule has 2 aromatic carbocycles. The van der Waals surface area contributed by atoms with E-state index in [-0.39, 0.29) is 5.91 Å². The Labute approximate surface area is 190 Å². The third-order valence-corrected chi connectivity index (χ3v) is 6.73. The molecule has 1 aliphatic rings. The van der Waals surface area contributed by atoms with Gasteiger partial charge in [-0.2, -0.15) is 0 Å². The van der Waals surface area contributed by atoms with Gasteiger partial charge in [0, 0.05) is 32.7 Å². The fourth-order valence-electron chi connectivity index (χ4n) is 3.89. The lowest BCUT2D eigenvalue weighted by atomic mass is 10.1. The molecule has 1 aliphatic heterocycles. The Morgan fingerprint density at radius 2 is 1.69 bits per heavy atom. The SMILES string of the molecule is CC[C@H](C(=O)N1CCN(C/C=C/c2ccccc2)CC1)N(c1ccc(F)cc1)S(C)(=O)=O. The van der Waals surface area contributed by atoms with Gasteiger partial charge in [0.1, 0.15) is 11.9 Å². The predicted molar refractivity (Wildman–Crippen MR) is 126 cm³/mol. The van der Waals surface area contributed by atoms with Gasteiger partial charge in [0.05, 0.1) is 11.9 Å². The summed E-state index contributed by atoms with van der Waals surface area (Å²) in [5.41, 5.74) is 1.44. The molecule has 3 rings (SSSR count). The minimum Gasteiger partial charge on any atom is -0.338 e. The summed E-state index contributed by atoms with van der Waals surface area (Å²) in [6, 6.07) is 14.4. The fraction of sp³-hybridized carbons (Fsp3) is 0.375. The van der Waals surface area contributed by atoms with Crippen molar-refractivity contribution in [1.82, 2.24) is 9.80 Å². The number of anilines is 1. The van der Waals surface area contributed by atoms with E-state index < -0.39 is 21.9 Å². The molecule has 1 heterocycles. The van der Waals surface area contributed by atoms with Gasteiger partial charge in [-0.1, -0.05) is 49.4 Å². The van der Waals surface area contributed by atoms with Crippen molar-refractivity contribution in [2.75, 3.05) is 43.3 Å². The van der Waals surface area contributed by atoms with Crippen LogP contribution in [0.5, 0.6) is 0 Å². The van der Waals surface area contributed by atoms with Crippen LogP contribution in [0, 0.1) is 5.82 Å². The Morgan fingerprint density at radius 1 is 1.06 bits per heavy atom. The van der Waals surface area contributed by atoms with Gasteiger partial charge in [-0.25, -0.2) is 12.8 Å². The molecule has 32 heavy (non-hydrogen) atoms. The summed E-state index contributed by atoms with van der Waals surface area (Å²) in [6.07, 6.45) is 5.59. The van der Waals surface area contributed by atoms with E-state index in [1.165, 1.54) is 24.3 Å². The summed E-state index contributed by atoms with van der Waals surface area (Å²) in [5, 5.41) is 0. The van der Waals surface area contributed by atoms with Gasteiger partial charge in [0.2, 0.25) is 15.9 Å². The molecular formula is C24H30FN3O3S. The first-order valence-electron chi connectivity index (χ1n) is 10.8. The summed E-state index contributed by atoms with van der Waals surface area (Å²) in [6.45, 7) is 5.09. The van der Waals surface area contributed by atoms with E-state index in [0.717, 1.165) is 35.8 Å². The summed E-state index contributed by atoms with van der Waals surface area (Å²) in [5.74, 6) is -0.680. The molecule has 0 radical (unpaired) electrons. The molecular weight excluding hydrogens is 429 g/mol. The zero-order valence-corrected chi connectivity index (χ0v) is 19.3. The van der Waals surface area contributed by atoms with Crippen molar-refractivity contribution in [3.8, 4) is 0 Å². The van der Waals surface area contributed by atoms with Crippen LogP contribution >= 0.6 is 0 Å². The molecule has 0 aromatic heterocycles. The van der Waals surface area contributed by atoms with Crippen LogP contribution in [0.15, 0.2) is 60.7 Å². The van der Waals surface area contributed by atoms with Gasteiger partial charge in [-0.3, -0.25) is 14.0 Å². The highest BCUT2D eigenvalue weighted by atomic mass is 32.2. The Kier molecular flexibility index (Phi) is 8.04. The van der Waals surface area contributed by atoms with E-state index in [4.69, 9.17) is 0 Å². The lowest BCUT2D eigenvalue weighted by molar-refractivity contribution is -0.134. The first-order chi connectivity index (χ1) is 15.3. The molecule has 172 valence electrons. The fourth-order valence-corrected chi connectivity index (χ4v) is 5.10. The monoisotopic (exact) mass is 459 g/mol. The molecule has 0 spiro atoms. The van der Waals surface area contributed by atoms with E-state index in [9.17, 15) is 17.6 Å². The third-order valence-electron chi connectivity index (χ3n) is 5.55. The van der Waals surface area contributed by atoms with Gasteiger partial charge in [-0.15, -0.1) is 0 Å². The number of amides is 1. The van der Waals surface area contributed by atoms with Crippen LogP contribution in [0.3, 0.4) is 0 Å². The molecule has 1 amide bonds. The highest BCUT2D eigenvalue weighted by Gasteiger charge is 2.35. The summed E-state index contributed by atoms with van der Waals surface area (Å²) >= 11 is 0. The topological polar surface area (TPSA) is 60.9 Å². The summed E-state index contributed by atoms with van der Waals surface area (Å²) < 4.78 is 39.5. The van der Waals surface area contributed by atoms with E-state index >= 15 is 0 Å². The van der Waals surface area contributed by atoms with Crippen molar-refractivity contribution in [2.45, 2.75) is 19.4 Å². The van der Waals surface area contributed by atoms with Crippen LogP contribution in [-0.2, 0) is 14.8 Å². The zero-order valence-electron chi connectivity index (χ0n) is 18.5. The van der Waals surface area contributed by atoms with Gasteiger partial charge < -0.3 is 4.90 Å². The van der Waals surface area contributed by atoms with E-state index in [0.29, 0.717) is 25.2 Å². The minimum atomic E-state index is -3.73. The molecule has 0 N–H and O–H groups in total. The highest BCUT2D eigenvalue weighted by Crippen LogP contribution is 2.24. The quantitative estimate of drug-likeness (QED) is 0.608. The highest BCUT2D eigenvalue weighted by molar-refractivity contribution is 7.92. The zero-order chi connectivity index (χ0) is 23.1. The van der Waals surface area contributed by atoms with E-state index in [1.54, 1.807) is 11.8 Å². The number of piperazine rings is 1. The third kappa shape index (κ3) is 6.17. The number of halogens is 1. The van der Waals surface area contributed by atoms with Crippen molar-refractivity contribution in [3.05, 3.63) is 72.1 Å². The molecule has 6 nitrogen and oxygen atoms in total. The molecule has 0 aliphatic carbocycles. The minimum absolute atomic E-state index is 0.221. The van der Waals surface area contributed by atoms with Crippen LogP contribution in [0.25, 0.3) is 6.08 Å². The Hall–Kier alpha value is -2.71. The number of nitrogens with zero attached hydrogens (tertiary/aromatic N) is 3. The average molecular weight is 460 g/mol. The van der Waals surface area contributed by atoms with Crippen molar-refractivity contribution >= 4 is 27.7 Å². The second-order valence-corrected chi connectivity index (χ2v) is 9.76. The molecule has 0 unspecified atom stereocenters. The van der Waals surface area contributed by atoms with Gasteiger partial charge in [0.25, 0.3) is 0 Å². The lowest BCUT2D eigenvalue weighted by Crippen LogP contribution is -2.55. The second kappa shape index (κ2) is 10.7. The average Bonchev–Trinajstić information content (AvgIpc) is 2.78. The van der Waals surface area contributed by atoms with Gasteiger partial charge in [-0.05, 0) is 36.2 Å². The Balaban J connectivity index is 1.64. The van der Waals surface area contributed by atoms with E-state index in [1.807, 2.05) is 30.3 Å². The van der Waals surface area contributed by atoms with Crippen LogP contribution in [0.4, 0.5) is 10.1 Å². The summed E-state index contributed by atoms with van der Waals surface area (Å²) in [7, 11) is -3.73. The number of sulfonamides is 1. The van der Waals surface area contributed by atoms with E-state index in [2.05, 4.69) is 17.1 Å². The maximum atomic E-state index is 13.3. The van der Waals surface area contributed by atoms with Crippen LogP contribution < -0.4 is 4.31 Å². The first kappa shape index (κ1) is 23.9. The maximum absolute atomic E-state index is 13.3. The van der Waals surface area contributed by atoms with Gasteiger partial charge in [0.15, 0.2) is 0 Å². The molecule has 1 saturated heterocycles. The second-order valence-electron chi connectivity index (χ2n) is 7.90.